The number of hydrogen-bond acceptors (Lipinski definition) is 3. The lowest BCUT2D eigenvalue weighted by molar-refractivity contribution is -0.172. The van der Waals surface area contributed by atoms with Crippen molar-refractivity contribution in [3.8, 4) is 0 Å². The van der Waals surface area contributed by atoms with E-state index < -0.39 is 5.79 Å². The molecule has 4 rings (SSSR count). The van der Waals surface area contributed by atoms with Gasteiger partial charge in [-0.1, -0.05) is 20.8 Å². The minimum absolute atomic E-state index is 0.132. The maximum absolute atomic E-state index is 12.6. The number of benzene rings is 1. The molecular formula is C19H24O3. The minimum Gasteiger partial charge on any atom is -0.425 e. The van der Waals surface area contributed by atoms with Crippen LogP contribution >= 0.6 is 0 Å². The van der Waals surface area contributed by atoms with Crippen LogP contribution in [0.4, 0.5) is 0 Å². The standard InChI is InChI=1S/C19H24O3/c1-11-9-19(21-10-11)14-8-12(2)16-13(15(14)17(20)22-19)6-5-7-18(16,3)4/h8,11H,5-7,9-10H2,1-4H3/t11-,19-/m0/s1. The van der Waals surface area contributed by atoms with E-state index in [1.807, 2.05) is 0 Å². The zero-order valence-electron chi connectivity index (χ0n) is 13.9. The fourth-order valence-corrected chi connectivity index (χ4v) is 4.81. The summed E-state index contributed by atoms with van der Waals surface area (Å²) in [7, 11) is 0. The molecule has 0 saturated carbocycles. The molecule has 2 atom stereocenters. The smallest absolute Gasteiger partial charge is 0.341 e. The number of ether oxygens (including phenoxy) is 2. The number of aryl methyl sites for hydroxylation is 1. The average molecular weight is 300 g/mol. The van der Waals surface area contributed by atoms with E-state index in [0.717, 1.165) is 30.4 Å². The van der Waals surface area contributed by atoms with Crippen molar-refractivity contribution in [3.63, 3.8) is 0 Å². The second-order valence-corrected chi connectivity index (χ2v) is 7.97. The molecule has 0 amide bonds. The van der Waals surface area contributed by atoms with Gasteiger partial charge in [0.05, 0.1) is 12.2 Å². The Balaban J connectivity index is 1.96. The van der Waals surface area contributed by atoms with Crippen molar-refractivity contribution in [3.05, 3.63) is 33.9 Å². The van der Waals surface area contributed by atoms with Gasteiger partial charge in [0.2, 0.25) is 5.79 Å². The molecule has 3 aliphatic rings. The molecule has 0 bridgehead atoms. The van der Waals surface area contributed by atoms with E-state index in [1.165, 1.54) is 23.1 Å². The van der Waals surface area contributed by atoms with Crippen molar-refractivity contribution >= 4 is 5.97 Å². The summed E-state index contributed by atoms with van der Waals surface area (Å²) >= 11 is 0. The van der Waals surface area contributed by atoms with Crippen molar-refractivity contribution < 1.29 is 14.3 Å². The molecule has 2 aliphatic heterocycles. The topological polar surface area (TPSA) is 35.5 Å². The molecule has 1 aliphatic carbocycles. The van der Waals surface area contributed by atoms with E-state index in [4.69, 9.17) is 9.47 Å². The van der Waals surface area contributed by atoms with Crippen LogP contribution in [0.25, 0.3) is 0 Å². The van der Waals surface area contributed by atoms with E-state index in [9.17, 15) is 4.79 Å². The number of hydrogen-bond donors (Lipinski definition) is 0. The van der Waals surface area contributed by atoms with Gasteiger partial charge >= 0.3 is 5.97 Å². The summed E-state index contributed by atoms with van der Waals surface area (Å²) in [4.78, 5) is 12.6. The third-order valence-electron chi connectivity index (χ3n) is 5.62. The quantitative estimate of drug-likeness (QED) is 0.680. The van der Waals surface area contributed by atoms with Crippen LogP contribution < -0.4 is 0 Å². The van der Waals surface area contributed by atoms with Gasteiger partial charge in [0, 0.05) is 12.0 Å². The maximum Gasteiger partial charge on any atom is 0.341 e. The highest BCUT2D eigenvalue weighted by Gasteiger charge is 2.53. The molecule has 1 fully saturated rings. The molecule has 0 aromatic heterocycles. The first-order valence-corrected chi connectivity index (χ1v) is 8.39. The van der Waals surface area contributed by atoms with Crippen LogP contribution in [0.2, 0.25) is 0 Å². The Hall–Kier alpha value is -1.35. The highest BCUT2D eigenvalue weighted by Crippen LogP contribution is 2.51. The minimum atomic E-state index is -0.812. The van der Waals surface area contributed by atoms with E-state index in [-0.39, 0.29) is 11.4 Å². The van der Waals surface area contributed by atoms with Gasteiger partial charge in [0.25, 0.3) is 0 Å². The zero-order valence-corrected chi connectivity index (χ0v) is 13.9. The van der Waals surface area contributed by atoms with Crippen LogP contribution in [0.1, 0.15) is 72.6 Å². The second-order valence-electron chi connectivity index (χ2n) is 7.97. The molecular weight excluding hydrogens is 276 g/mol. The van der Waals surface area contributed by atoms with Crippen molar-refractivity contribution in [1.29, 1.82) is 0 Å². The Morgan fingerprint density at radius 3 is 2.77 bits per heavy atom. The van der Waals surface area contributed by atoms with Crippen LogP contribution in [0.15, 0.2) is 6.07 Å². The average Bonchev–Trinajstić information content (AvgIpc) is 2.91. The van der Waals surface area contributed by atoms with Crippen molar-refractivity contribution in [2.45, 2.75) is 64.6 Å². The number of esters is 1. The van der Waals surface area contributed by atoms with Crippen LogP contribution in [-0.2, 0) is 27.1 Å². The predicted molar refractivity (Wildman–Crippen MR) is 84.0 cm³/mol. The Labute approximate surface area is 132 Å². The van der Waals surface area contributed by atoms with Gasteiger partial charge in [-0.2, -0.15) is 0 Å². The first kappa shape index (κ1) is 14.3. The first-order chi connectivity index (χ1) is 10.3. The van der Waals surface area contributed by atoms with Gasteiger partial charge in [0.15, 0.2) is 0 Å². The lowest BCUT2D eigenvalue weighted by Crippen LogP contribution is -2.28. The number of fused-ring (bicyclic) bond motifs is 4. The monoisotopic (exact) mass is 300 g/mol. The molecule has 1 spiro atoms. The summed E-state index contributed by atoms with van der Waals surface area (Å²) in [6.45, 7) is 9.55. The molecule has 0 N–H and O–H groups in total. The predicted octanol–water partition coefficient (Wildman–Crippen LogP) is 3.99. The molecule has 2 heterocycles. The van der Waals surface area contributed by atoms with Crippen molar-refractivity contribution in [1.82, 2.24) is 0 Å². The van der Waals surface area contributed by atoms with Gasteiger partial charge in [-0.25, -0.2) is 4.79 Å². The molecule has 118 valence electrons. The van der Waals surface area contributed by atoms with Crippen LogP contribution in [-0.4, -0.2) is 12.6 Å². The number of carbonyl (C=O) groups excluding carboxylic acids is 1. The molecule has 22 heavy (non-hydrogen) atoms. The zero-order chi connectivity index (χ0) is 15.7. The third kappa shape index (κ3) is 1.75. The second kappa shape index (κ2) is 4.35. The summed E-state index contributed by atoms with van der Waals surface area (Å²) in [6.07, 6.45) is 4.05. The lowest BCUT2D eigenvalue weighted by atomic mass is 9.69. The highest BCUT2D eigenvalue weighted by atomic mass is 16.7. The van der Waals surface area contributed by atoms with Crippen LogP contribution in [0.5, 0.6) is 0 Å². The van der Waals surface area contributed by atoms with Crippen molar-refractivity contribution in [2.24, 2.45) is 5.92 Å². The van der Waals surface area contributed by atoms with Gasteiger partial charge in [0.1, 0.15) is 0 Å². The van der Waals surface area contributed by atoms with E-state index in [0.29, 0.717) is 12.5 Å². The van der Waals surface area contributed by atoms with E-state index >= 15 is 0 Å². The first-order valence-electron chi connectivity index (χ1n) is 8.39. The largest absolute Gasteiger partial charge is 0.425 e. The fourth-order valence-electron chi connectivity index (χ4n) is 4.81. The normalized spacial score (nSPS) is 32.0. The molecule has 0 radical (unpaired) electrons. The summed E-state index contributed by atoms with van der Waals surface area (Å²) in [5.74, 6) is -0.572. The van der Waals surface area contributed by atoms with Crippen LogP contribution in [0, 0.1) is 12.8 Å². The van der Waals surface area contributed by atoms with Gasteiger partial charge in [-0.05, 0) is 60.3 Å². The van der Waals surface area contributed by atoms with Gasteiger partial charge in [-0.3, -0.25) is 0 Å². The molecule has 3 nitrogen and oxygen atoms in total. The van der Waals surface area contributed by atoms with Crippen molar-refractivity contribution in [2.75, 3.05) is 6.61 Å². The molecule has 1 aromatic rings. The van der Waals surface area contributed by atoms with E-state index in [2.05, 4.69) is 33.8 Å². The SMILES string of the molecule is Cc1cc2c(c3c1C(C)(C)CCC3)C(=O)O[C@@]21C[C@H](C)CO1. The van der Waals surface area contributed by atoms with Crippen LogP contribution in [0.3, 0.4) is 0 Å². The molecule has 1 aromatic carbocycles. The van der Waals surface area contributed by atoms with Gasteiger partial charge < -0.3 is 9.47 Å². The van der Waals surface area contributed by atoms with E-state index in [1.54, 1.807) is 0 Å². The summed E-state index contributed by atoms with van der Waals surface area (Å²) in [5.41, 5.74) is 5.78. The highest BCUT2D eigenvalue weighted by molar-refractivity contribution is 5.97. The molecule has 3 heteroatoms. The third-order valence-corrected chi connectivity index (χ3v) is 5.62. The number of rotatable bonds is 0. The Bertz CT molecular complexity index is 674. The molecule has 1 saturated heterocycles. The summed E-state index contributed by atoms with van der Waals surface area (Å²) < 4.78 is 11.7. The Morgan fingerprint density at radius 2 is 2.09 bits per heavy atom. The lowest BCUT2D eigenvalue weighted by Gasteiger charge is -2.35. The summed E-state index contributed by atoms with van der Waals surface area (Å²) in [6, 6.07) is 2.16. The van der Waals surface area contributed by atoms with Gasteiger partial charge in [-0.15, -0.1) is 0 Å². The maximum atomic E-state index is 12.6. The Kier molecular flexibility index (Phi) is 2.82. The molecule has 0 unspecified atom stereocenters. The number of carbonyl (C=O) groups is 1. The Morgan fingerprint density at radius 1 is 1.32 bits per heavy atom. The fraction of sp³-hybridized carbons (Fsp3) is 0.632. The summed E-state index contributed by atoms with van der Waals surface area (Å²) in [5, 5.41) is 0.